The molecule has 0 aliphatic carbocycles. The monoisotopic (exact) mass is 503 g/mol. The lowest BCUT2D eigenvalue weighted by Crippen LogP contribution is -2.35. The van der Waals surface area contributed by atoms with E-state index in [1.54, 1.807) is 13.0 Å². The molecule has 1 unspecified atom stereocenters. The highest BCUT2D eigenvalue weighted by atomic mass is 35.5. The molecule has 0 saturated carbocycles. The first-order valence-electron chi connectivity index (χ1n) is 12.6. The Hall–Kier alpha value is -3.02. The molecule has 186 valence electrons. The number of rotatable bonds is 6. The van der Waals surface area contributed by atoms with Gasteiger partial charge in [-0.1, -0.05) is 47.3 Å². The third-order valence-electron chi connectivity index (χ3n) is 6.86. The number of halogens is 2. The molecule has 0 spiro atoms. The van der Waals surface area contributed by atoms with Crippen LogP contribution in [0.5, 0.6) is 5.75 Å². The third kappa shape index (κ3) is 5.23. The normalized spacial score (nSPS) is 15.9. The van der Waals surface area contributed by atoms with Crippen molar-refractivity contribution >= 4 is 22.5 Å². The van der Waals surface area contributed by atoms with E-state index in [2.05, 4.69) is 42.3 Å². The topological polar surface area (TPSA) is 47.0 Å². The maximum Gasteiger partial charge on any atom is 0.144 e. The van der Waals surface area contributed by atoms with Crippen LogP contribution >= 0.6 is 11.6 Å². The number of aryl methyl sites for hydroxylation is 3. The van der Waals surface area contributed by atoms with Gasteiger partial charge < -0.3 is 10.1 Å². The van der Waals surface area contributed by atoms with Crippen LogP contribution in [-0.4, -0.2) is 29.2 Å². The Kier molecular flexibility index (Phi) is 7.22. The molecular weight excluding hydrogens is 473 g/mol. The molecule has 1 saturated heterocycles. The molecule has 0 bridgehead atoms. The average Bonchev–Trinajstić information content (AvgIpc) is 2.85. The van der Waals surface area contributed by atoms with Crippen molar-refractivity contribution in [1.29, 1.82) is 0 Å². The van der Waals surface area contributed by atoms with E-state index < -0.39 is 0 Å². The van der Waals surface area contributed by atoms with E-state index in [0.29, 0.717) is 29.1 Å². The fourth-order valence-electron chi connectivity index (χ4n) is 5.04. The first kappa shape index (κ1) is 24.7. The largest absolute Gasteiger partial charge is 0.492 e. The van der Waals surface area contributed by atoms with Crippen LogP contribution in [0.2, 0.25) is 5.02 Å². The second-order valence-electron chi connectivity index (χ2n) is 9.77. The van der Waals surface area contributed by atoms with Crippen LogP contribution in [-0.2, 0) is 0 Å². The summed E-state index contributed by atoms with van der Waals surface area (Å²) in [4.78, 5) is 9.18. The van der Waals surface area contributed by atoms with E-state index in [4.69, 9.17) is 21.3 Å². The van der Waals surface area contributed by atoms with E-state index in [0.717, 1.165) is 46.3 Å². The lowest BCUT2D eigenvalue weighted by molar-refractivity contribution is 0.271. The van der Waals surface area contributed by atoms with Gasteiger partial charge >= 0.3 is 0 Å². The van der Waals surface area contributed by atoms with Crippen molar-refractivity contribution in [2.24, 2.45) is 0 Å². The number of piperidine rings is 1. The van der Waals surface area contributed by atoms with Gasteiger partial charge in [-0.2, -0.15) is 0 Å². The number of ether oxygens (including phenoxy) is 1. The molecule has 6 heteroatoms. The van der Waals surface area contributed by atoms with Gasteiger partial charge in [-0.25, -0.2) is 4.39 Å². The molecule has 1 fully saturated rings. The highest BCUT2D eigenvalue weighted by Gasteiger charge is 2.18. The Balaban J connectivity index is 1.62. The van der Waals surface area contributed by atoms with Crippen molar-refractivity contribution in [3.8, 4) is 28.1 Å². The van der Waals surface area contributed by atoms with E-state index in [1.807, 2.05) is 18.3 Å². The van der Waals surface area contributed by atoms with Crippen molar-refractivity contribution < 1.29 is 9.13 Å². The number of pyridine rings is 2. The maximum atomic E-state index is 13.9. The zero-order valence-corrected chi connectivity index (χ0v) is 21.8. The highest BCUT2D eigenvalue weighted by Crippen LogP contribution is 2.40. The van der Waals surface area contributed by atoms with Crippen molar-refractivity contribution in [2.75, 3.05) is 13.2 Å². The molecule has 1 atom stereocenters. The van der Waals surface area contributed by atoms with Gasteiger partial charge in [-0.05, 0) is 76.4 Å². The Bertz CT molecular complexity index is 1400. The molecular formula is C30H31ClFN3O. The Morgan fingerprint density at radius 1 is 1.03 bits per heavy atom. The van der Waals surface area contributed by atoms with Gasteiger partial charge in [0.1, 0.15) is 11.6 Å². The minimum atomic E-state index is -0.338. The van der Waals surface area contributed by atoms with Crippen LogP contribution in [0, 0.1) is 26.6 Å². The van der Waals surface area contributed by atoms with Crippen molar-refractivity contribution in [3.63, 3.8) is 0 Å². The lowest BCUT2D eigenvalue weighted by atomic mass is 9.98. The number of nitrogens with one attached hydrogen (secondary N) is 1. The predicted molar refractivity (Wildman–Crippen MR) is 145 cm³/mol. The van der Waals surface area contributed by atoms with Crippen LogP contribution < -0.4 is 10.1 Å². The second-order valence-corrected chi connectivity index (χ2v) is 10.2. The van der Waals surface area contributed by atoms with Gasteiger partial charge in [0.15, 0.2) is 0 Å². The van der Waals surface area contributed by atoms with E-state index in [9.17, 15) is 4.39 Å². The maximum absolute atomic E-state index is 13.9. The zero-order chi connectivity index (χ0) is 25.2. The van der Waals surface area contributed by atoms with Crippen LogP contribution in [0.25, 0.3) is 33.3 Å². The standard InChI is InChI=1S/C30H31ClFN3O/c1-18-12-19(2)14-21(13-18)25-17-34-29-16-26(31)23(28-8-7-27(32)20(3)35-28)15-24(29)30(25)36-11-9-22-6-4-5-10-33-22/h7-8,12-17,22,33H,4-6,9-11H2,1-3H3. The Morgan fingerprint density at radius 2 is 1.83 bits per heavy atom. The second kappa shape index (κ2) is 10.5. The molecule has 5 rings (SSSR count). The summed E-state index contributed by atoms with van der Waals surface area (Å²) in [5.74, 6) is 0.451. The molecule has 2 aromatic heterocycles. The number of benzene rings is 2. The molecule has 0 radical (unpaired) electrons. The summed E-state index contributed by atoms with van der Waals surface area (Å²) in [6.07, 6.45) is 6.50. The van der Waals surface area contributed by atoms with Gasteiger partial charge in [-0.15, -0.1) is 0 Å². The van der Waals surface area contributed by atoms with Crippen LogP contribution in [0.4, 0.5) is 4.39 Å². The summed E-state index contributed by atoms with van der Waals surface area (Å²) >= 11 is 6.66. The first-order valence-corrected chi connectivity index (χ1v) is 13.0. The predicted octanol–water partition coefficient (Wildman–Crippen LogP) is 7.59. The summed E-state index contributed by atoms with van der Waals surface area (Å²) < 4.78 is 20.5. The van der Waals surface area contributed by atoms with Gasteiger partial charge in [-0.3, -0.25) is 9.97 Å². The highest BCUT2D eigenvalue weighted by molar-refractivity contribution is 6.34. The smallest absolute Gasteiger partial charge is 0.144 e. The third-order valence-corrected chi connectivity index (χ3v) is 7.18. The van der Waals surface area contributed by atoms with Crippen molar-refractivity contribution in [2.45, 2.75) is 52.5 Å². The number of aromatic nitrogens is 2. The minimum Gasteiger partial charge on any atom is -0.492 e. The summed E-state index contributed by atoms with van der Waals surface area (Å²) in [7, 11) is 0. The summed E-state index contributed by atoms with van der Waals surface area (Å²) in [5.41, 5.74) is 6.82. The summed E-state index contributed by atoms with van der Waals surface area (Å²) in [6.45, 7) is 7.52. The molecule has 4 nitrogen and oxygen atoms in total. The Morgan fingerprint density at radius 3 is 2.56 bits per heavy atom. The molecule has 4 aromatic rings. The van der Waals surface area contributed by atoms with E-state index in [1.165, 1.54) is 36.5 Å². The van der Waals surface area contributed by atoms with Gasteiger partial charge in [0, 0.05) is 28.8 Å². The molecule has 1 N–H and O–H groups in total. The molecule has 0 amide bonds. The van der Waals surface area contributed by atoms with E-state index >= 15 is 0 Å². The molecule has 36 heavy (non-hydrogen) atoms. The van der Waals surface area contributed by atoms with Gasteiger partial charge in [0.05, 0.1) is 28.5 Å². The van der Waals surface area contributed by atoms with Crippen LogP contribution in [0.1, 0.15) is 42.5 Å². The first-order chi connectivity index (χ1) is 17.4. The average molecular weight is 504 g/mol. The number of nitrogens with zero attached hydrogens (tertiary/aromatic N) is 2. The van der Waals surface area contributed by atoms with Crippen molar-refractivity contribution in [1.82, 2.24) is 15.3 Å². The SMILES string of the molecule is Cc1cc(C)cc(-c2cnc3cc(Cl)c(-c4ccc(F)c(C)n4)cc3c2OCCC2CCCCN2)c1. The molecule has 3 heterocycles. The molecule has 1 aliphatic rings. The van der Waals surface area contributed by atoms with E-state index in [-0.39, 0.29) is 5.82 Å². The number of hydrogen-bond donors (Lipinski definition) is 1. The molecule has 1 aliphatic heterocycles. The fraction of sp³-hybridized carbons (Fsp3) is 0.333. The number of hydrogen-bond acceptors (Lipinski definition) is 4. The summed E-state index contributed by atoms with van der Waals surface area (Å²) in [5, 5.41) is 4.99. The van der Waals surface area contributed by atoms with Gasteiger partial charge in [0.25, 0.3) is 0 Å². The Labute approximate surface area is 216 Å². The molecule has 2 aromatic carbocycles. The van der Waals surface area contributed by atoms with Crippen LogP contribution in [0.3, 0.4) is 0 Å². The lowest BCUT2D eigenvalue weighted by Gasteiger charge is -2.24. The van der Waals surface area contributed by atoms with Crippen molar-refractivity contribution in [3.05, 3.63) is 76.3 Å². The van der Waals surface area contributed by atoms with Gasteiger partial charge in [0.2, 0.25) is 0 Å². The minimum absolute atomic E-state index is 0.335. The quantitative estimate of drug-likeness (QED) is 0.294. The zero-order valence-electron chi connectivity index (χ0n) is 21.0. The van der Waals surface area contributed by atoms with Crippen LogP contribution in [0.15, 0.2) is 48.7 Å². The number of fused-ring (bicyclic) bond motifs is 1. The summed E-state index contributed by atoms with van der Waals surface area (Å²) in [6, 6.07) is 13.9. The fourth-order valence-corrected chi connectivity index (χ4v) is 5.30.